The summed E-state index contributed by atoms with van der Waals surface area (Å²) in [6.07, 6.45) is 1.66. The summed E-state index contributed by atoms with van der Waals surface area (Å²) in [7, 11) is 1.43. The molecule has 1 atom stereocenters. The van der Waals surface area contributed by atoms with Gasteiger partial charge in [0.05, 0.1) is 0 Å². The fourth-order valence-corrected chi connectivity index (χ4v) is 1.09. The molecule has 3 amide bonds. The molecule has 1 rings (SSSR count). The minimum Gasteiger partial charge on any atom is -0.382 e. The van der Waals surface area contributed by atoms with Crippen molar-refractivity contribution in [2.24, 2.45) is 0 Å². The Bertz CT molecular complexity index is 393. The maximum Gasteiger partial charge on any atom is 0.321 e. The molecule has 7 heteroatoms. The van der Waals surface area contributed by atoms with E-state index < -0.39 is 18.0 Å². The van der Waals surface area contributed by atoms with Gasteiger partial charge in [0.15, 0.2) is 0 Å². The zero-order chi connectivity index (χ0) is 12.3. The average molecular weight is 225 g/mol. The third kappa shape index (κ3) is 2.50. The van der Waals surface area contributed by atoms with E-state index in [1.165, 1.54) is 11.7 Å². The predicted octanol–water partition coefficient (Wildman–Crippen LogP) is -0.210. The van der Waals surface area contributed by atoms with Crippen LogP contribution in [-0.2, 0) is 4.79 Å². The van der Waals surface area contributed by atoms with E-state index in [0.29, 0.717) is 5.82 Å². The minimum atomic E-state index is -0.590. The molecule has 0 aliphatic carbocycles. The number of amides is 3. The molecule has 0 aliphatic heterocycles. The van der Waals surface area contributed by atoms with Gasteiger partial charge in [-0.15, -0.1) is 0 Å². The van der Waals surface area contributed by atoms with Gasteiger partial charge in [0.2, 0.25) is 0 Å². The number of aryl methyl sites for hydroxylation is 1. The van der Waals surface area contributed by atoms with Gasteiger partial charge in [0, 0.05) is 18.8 Å². The molecule has 88 valence electrons. The fraction of sp³-hybridized carbons (Fsp3) is 0.444. The highest BCUT2D eigenvalue weighted by molar-refractivity contribution is 5.95. The smallest absolute Gasteiger partial charge is 0.321 e. The van der Waals surface area contributed by atoms with Gasteiger partial charge >= 0.3 is 6.03 Å². The number of nitrogens with two attached hydrogens (primary N) is 1. The lowest BCUT2D eigenvalue weighted by Crippen LogP contribution is -2.40. The molecule has 0 saturated heterocycles. The zero-order valence-electron chi connectivity index (χ0n) is 9.44. The predicted molar refractivity (Wildman–Crippen MR) is 58.7 cm³/mol. The number of imide groups is 1. The molecule has 0 radical (unpaired) electrons. The Morgan fingerprint density at radius 3 is 2.62 bits per heavy atom. The third-order valence-electron chi connectivity index (χ3n) is 2.19. The van der Waals surface area contributed by atoms with Gasteiger partial charge in [0.25, 0.3) is 5.91 Å². The molecule has 4 N–H and O–H groups in total. The summed E-state index contributed by atoms with van der Waals surface area (Å²) in [5.41, 5.74) is 6.35. The summed E-state index contributed by atoms with van der Waals surface area (Å²) >= 11 is 0. The van der Waals surface area contributed by atoms with Crippen molar-refractivity contribution in [2.75, 3.05) is 12.8 Å². The Morgan fingerprint density at radius 2 is 2.19 bits per heavy atom. The fourth-order valence-electron chi connectivity index (χ4n) is 1.09. The normalized spacial score (nSPS) is 11.9. The summed E-state index contributed by atoms with van der Waals surface area (Å²) in [6, 6.07) is -1.14. The summed E-state index contributed by atoms with van der Waals surface area (Å²) in [6.45, 7) is 3.42. The second-order valence-electron chi connectivity index (χ2n) is 3.42. The van der Waals surface area contributed by atoms with Crippen LogP contribution in [0.5, 0.6) is 0 Å². The van der Waals surface area contributed by atoms with Gasteiger partial charge in [-0.1, -0.05) is 0 Å². The standard InChI is InChI=1S/C9H15N5O2/c1-5-4-14(13-7(5)10)6(2)8(15)12-9(16)11-3/h4,6H,1-3H3,(H2,10,13)(H2,11,12,15,16). The van der Waals surface area contributed by atoms with Crippen molar-refractivity contribution in [1.29, 1.82) is 0 Å². The monoisotopic (exact) mass is 225 g/mol. The Morgan fingerprint density at radius 1 is 1.56 bits per heavy atom. The minimum absolute atomic E-state index is 0.375. The molecule has 1 aromatic heterocycles. The van der Waals surface area contributed by atoms with Gasteiger partial charge in [0.1, 0.15) is 11.9 Å². The molecule has 16 heavy (non-hydrogen) atoms. The van der Waals surface area contributed by atoms with Crippen LogP contribution in [0.4, 0.5) is 10.6 Å². The highest BCUT2D eigenvalue weighted by Crippen LogP contribution is 2.11. The summed E-state index contributed by atoms with van der Waals surface area (Å²) in [5.74, 6) is -0.0681. The van der Waals surface area contributed by atoms with Crippen molar-refractivity contribution in [3.63, 3.8) is 0 Å². The summed E-state index contributed by atoms with van der Waals surface area (Å²) < 4.78 is 1.42. The van der Waals surface area contributed by atoms with E-state index in [-0.39, 0.29) is 0 Å². The van der Waals surface area contributed by atoms with Crippen molar-refractivity contribution < 1.29 is 9.59 Å². The van der Waals surface area contributed by atoms with E-state index in [9.17, 15) is 9.59 Å². The number of nitrogens with zero attached hydrogens (tertiary/aromatic N) is 2. The first kappa shape index (κ1) is 12.0. The van der Waals surface area contributed by atoms with Gasteiger partial charge in [-0.2, -0.15) is 5.10 Å². The molecule has 1 unspecified atom stereocenters. The number of carbonyl (C=O) groups is 2. The van der Waals surface area contributed by atoms with Crippen LogP contribution in [0.2, 0.25) is 0 Å². The number of carbonyl (C=O) groups excluding carboxylic acids is 2. The molecule has 7 nitrogen and oxygen atoms in total. The van der Waals surface area contributed by atoms with Crippen molar-refractivity contribution in [3.8, 4) is 0 Å². The maximum absolute atomic E-state index is 11.6. The Labute approximate surface area is 93.0 Å². The van der Waals surface area contributed by atoms with Crippen LogP contribution in [0.25, 0.3) is 0 Å². The van der Waals surface area contributed by atoms with Crippen LogP contribution in [-0.4, -0.2) is 28.8 Å². The molecule has 0 aromatic carbocycles. The number of hydrogen-bond acceptors (Lipinski definition) is 4. The molecule has 0 saturated carbocycles. The summed E-state index contributed by atoms with van der Waals surface area (Å²) in [5, 5.41) is 8.43. The first-order valence-corrected chi connectivity index (χ1v) is 4.79. The number of hydrogen-bond donors (Lipinski definition) is 3. The van der Waals surface area contributed by atoms with Crippen molar-refractivity contribution in [2.45, 2.75) is 19.9 Å². The Balaban J connectivity index is 2.74. The second-order valence-corrected chi connectivity index (χ2v) is 3.42. The quantitative estimate of drug-likeness (QED) is 0.648. The average Bonchev–Trinajstić information content (AvgIpc) is 2.57. The van der Waals surface area contributed by atoms with Crippen LogP contribution < -0.4 is 16.4 Å². The van der Waals surface area contributed by atoms with Gasteiger partial charge in [-0.25, -0.2) is 4.79 Å². The lowest BCUT2D eigenvalue weighted by Gasteiger charge is -2.11. The van der Waals surface area contributed by atoms with Crippen LogP contribution in [0.15, 0.2) is 6.20 Å². The zero-order valence-corrected chi connectivity index (χ0v) is 9.44. The Hall–Kier alpha value is -2.05. The van der Waals surface area contributed by atoms with Gasteiger partial charge in [-0.05, 0) is 13.8 Å². The Kier molecular flexibility index (Phi) is 3.49. The highest BCUT2D eigenvalue weighted by Gasteiger charge is 2.18. The SMILES string of the molecule is CNC(=O)NC(=O)C(C)n1cc(C)c(N)n1. The molecule has 0 spiro atoms. The van der Waals surface area contributed by atoms with Crippen LogP contribution in [0.1, 0.15) is 18.5 Å². The molecule has 0 bridgehead atoms. The van der Waals surface area contributed by atoms with Crippen LogP contribution in [0, 0.1) is 6.92 Å². The maximum atomic E-state index is 11.6. The lowest BCUT2D eigenvalue weighted by molar-refractivity contribution is -0.123. The summed E-state index contributed by atoms with van der Waals surface area (Å²) in [4.78, 5) is 22.5. The third-order valence-corrected chi connectivity index (χ3v) is 2.19. The number of anilines is 1. The van der Waals surface area contributed by atoms with Crippen molar-refractivity contribution in [3.05, 3.63) is 11.8 Å². The van der Waals surface area contributed by atoms with Crippen LogP contribution in [0.3, 0.4) is 0 Å². The topological polar surface area (TPSA) is 102 Å². The van der Waals surface area contributed by atoms with Gasteiger partial charge < -0.3 is 11.1 Å². The number of nitrogen functional groups attached to an aromatic ring is 1. The van der Waals surface area contributed by atoms with E-state index in [0.717, 1.165) is 5.56 Å². The molecule has 1 heterocycles. The highest BCUT2D eigenvalue weighted by atomic mass is 16.2. The van der Waals surface area contributed by atoms with E-state index in [4.69, 9.17) is 5.73 Å². The molecule has 0 aliphatic rings. The number of rotatable bonds is 2. The van der Waals surface area contributed by atoms with E-state index >= 15 is 0 Å². The van der Waals surface area contributed by atoms with Crippen molar-refractivity contribution >= 4 is 17.8 Å². The molecule has 1 aromatic rings. The molecular formula is C9H15N5O2. The van der Waals surface area contributed by atoms with E-state index in [1.54, 1.807) is 20.0 Å². The van der Waals surface area contributed by atoms with E-state index in [2.05, 4.69) is 15.7 Å². The largest absolute Gasteiger partial charge is 0.382 e. The number of nitrogens with one attached hydrogen (secondary N) is 2. The van der Waals surface area contributed by atoms with E-state index in [1.807, 2.05) is 0 Å². The lowest BCUT2D eigenvalue weighted by atomic mass is 10.3. The van der Waals surface area contributed by atoms with Gasteiger partial charge in [-0.3, -0.25) is 14.8 Å². The molecule has 0 fully saturated rings. The first-order valence-electron chi connectivity index (χ1n) is 4.79. The number of urea groups is 1. The first-order chi connectivity index (χ1) is 7.45. The molecular weight excluding hydrogens is 210 g/mol. The number of aromatic nitrogens is 2. The van der Waals surface area contributed by atoms with Crippen molar-refractivity contribution in [1.82, 2.24) is 20.4 Å². The second kappa shape index (κ2) is 4.65. The van der Waals surface area contributed by atoms with Crippen LogP contribution >= 0.6 is 0 Å².